The smallest absolute Gasteiger partial charge is 0.255 e. The van der Waals surface area contributed by atoms with Crippen molar-refractivity contribution in [3.8, 4) is 5.75 Å². The Hall–Kier alpha value is -2.37. The number of ether oxygens (including phenoxy) is 2. The highest BCUT2D eigenvalue weighted by molar-refractivity contribution is 5.97. The van der Waals surface area contributed by atoms with Crippen molar-refractivity contribution in [1.29, 1.82) is 0 Å². The quantitative estimate of drug-likeness (QED) is 0.831. The highest BCUT2D eigenvalue weighted by Crippen LogP contribution is 2.21. The fourth-order valence-corrected chi connectivity index (χ4v) is 3.13. The molecule has 0 spiro atoms. The molecule has 0 bridgehead atoms. The van der Waals surface area contributed by atoms with E-state index >= 15 is 0 Å². The average Bonchev–Trinajstić information content (AvgIpc) is 2.69. The van der Waals surface area contributed by atoms with E-state index in [-0.39, 0.29) is 11.9 Å². The van der Waals surface area contributed by atoms with Gasteiger partial charge in [-0.1, -0.05) is 42.5 Å². The molecule has 1 heterocycles. The summed E-state index contributed by atoms with van der Waals surface area (Å²) in [7, 11) is 0. The zero-order chi connectivity index (χ0) is 18.2. The van der Waals surface area contributed by atoms with E-state index in [1.807, 2.05) is 43.3 Å². The van der Waals surface area contributed by atoms with Gasteiger partial charge in [-0.2, -0.15) is 0 Å². The Bertz CT molecular complexity index is 699. The van der Waals surface area contributed by atoms with Gasteiger partial charge in [0.25, 0.3) is 5.91 Å². The Morgan fingerprint density at radius 3 is 2.54 bits per heavy atom. The van der Waals surface area contributed by atoms with E-state index in [2.05, 4.69) is 22.3 Å². The maximum absolute atomic E-state index is 12.9. The SMILES string of the molecule is CCOc1ccccc1C(=O)N[C@@H](CN1CCOCC1)c1ccccc1. The lowest BCUT2D eigenvalue weighted by Crippen LogP contribution is -2.43. The fourth-order valence-electron chi connectivity index (χ4n) is 3.13. The number of hydrogen-bond acceptors (Lipinski definition) is 4. The summed E-state index contributed by atoms with van der Waals surface area (Å²) in [4.78, 5) is 15.3. The monoisotopic (exact) mass is 354 g/mol. The number of nitrogens with zero attached hydrogens (tertiary/aromatic N) is 1. The van der Waals surface area contributed by atoms with Crippen LogP contribution in [0.25, 0.3) is 0 Å². The van der Waals surface area contributed by atoms with Crippen molar-refractivity contribution in [2.45, 2.75) is 13.0 Å². The summed E-state index contributed by atoms with van der Waals surface area (Å²) in [5, 5.41) is 3.19. The molecule has 3 rings (SSSR count). The summed E-state index contributed by atoms with van der Waals surface area (Å²) >= 11 is 0. The Kier molecular flexibility index (Phi) is 6.63. The molecule has 1 N–H and O–H groups in total. The molecule has 1 aliphatic rings. The van der Waals surface area contributed by atoms with Crippen LogP contribution in [-0.2, 0) is 4.74 Å². The zero-order valence-corrected chi connectivity index (χ0v) is 15.2. The molecule has 1 aliphatic heterocycles. The summed E-state index contributed by atoms with van der Waals surface area (Å²) in [6.45, 7) is 6.45. The van der Waals surface area contributed by atoms with Crippen molar-refractivity contribution in [3.63, 3.8) is 0 Å². The summed E-state index contributed by atoms with van der Waals surface area (Å²) in [5.74, 6) is 0.502. The lowest BCUT2D eigenvalue weighted by atomic mass is 10.0. The molecule has 0 aliphatic carbocycles. The van der Waals surface area contributed by atoms with E-state index in [0.717, 1.165) is 38.4 Å². The average molecular weight is 354 g/mol. The standard InChI is InChI=1S/C21H26N2O3/c1-2-26-20-11-7-6-10-18(20)21(24)22-19(17-8-4-3-5-9-17)16-23-12-14-25-15-13-23/h3-11,19H,2,12-16H2,1H3,(H,22,24)/t19-/m0/s1. The predicted octanol–water partition coefficient (Wildman–Crippen LogP) is 2.89. The lowest BCUT2D eigenvalue weighted by Gasteiger charge is -2.31. The minimum absolute atomic E-state index is 0.0866. The van der Waals surface area contributed by atoms with E-state index in [0.29, 0.717) is 17.9 Å². The van der Waals surface area contributed by atoms with Crippen molar-refractivity contribution in [1.82, 2.24) is 10.2 Å². The van der Waals surface area contributed by atoms with Crippen LogP contribution in [-0.4, -0.2) is 50.3 Å². The topological polar surface area (TPSA) is 50.8 Å². The Morgan fingerprint density at radius 2 is 1.81 bits per heavy atom. The third kappa shape index (κ3) is 4.84. The molecule has 1 amide bonds. The first kappa shape index (κ1) is 18.4. The minimum atomic E-state index is -0.115. The molecule has 26 heavy (non-hydrogen) atoms. The van der Waals surface area contributed by atoms with Crippen molar-refractivity contribution in [2.75, 3.05) is 39.5 Å². The van der Waals surface area contributed by atoms with E-state index in [1.54, 1.807) is 6.07 Å². The van der Waals surface area contributed by atoms with Gasteiger partial charge in [0.2, 0.25) is 0 Å². The summed E-state index contributed by atoms with van der Waals surface area (Å²) in [5.41, 5.74) is 1.67. The van der Waals surface area contributed by atoms with Crippen LogP contribution in [0, 0.1) is 0 Å². The Morgan fingerprint density at radius 1 is 1.12 bits per heavy atom. The van der Waals surface area contributed by atoms with Gasteiger partial charge >= 0.3 is 0 Å². The first-order chi connectivity index (χ1) is 12.8. The molecule has 0 unspecified atom stereocenters. The molecule has 5 nitrogen and oxygen atoms in total. The summed E-state index contributed by atoms with van der Waals surface area (Å²) in [6, 6.07) is 17.4. The third-order valence-corrected chi connectivity index (χ3v) is 4.48. The van der Waals surface area contributed by atoms with Gasteiger partial charge in [-0.25, -0.2) is 0 Å². The Labute approximate surface area is 154 Å². The number of morpholine rings is 1. The van der Waals surface area contributed by atoms with E-state index < -0.39 is 0 Å². The van der Waals surface area contributed by atoms with Crippen LogP contribution < -0.4 is 10.1 Å². The summed E-state index contributed by atoms with van der Waals surface area (Å²) < 4.78 is 11.0. The molecule has 2 aromatic rings. The molecule has 1 atom stereocenters. The second-order valence-corrected chi connectivity index (χ2v) is 6.28. The number of rotatable bonds is 7. The van der Waals surface area contributed by atoms with Crippen molar-refractivity contribution in [2.24, 2.45) is 0 Å². The molecule has 0 radical (unpaired) electrons. The zero-order valence-electron chi connectivity index (χ0n) is 15.2. The van der Waals surface area contributed by atoms with Gasteiger partial charge in [-0.3, -0.25) is 9.69 Å². The summed E-state index contributed by atoms with van der Waals surface area (Å²) in [6.07, 6.45) is 0. The van der Waals surface area contributed by atoms with E-state index in [4.69, 9.17) is 9.47 Å². The maximum Gasteiger partial charge on any atom is 0.255 e. The first-order valence-corrected chi connectivity index (χ1v) is 9.15. The van der Waals surface area contributed by atoms with E-state index in [9.17, 15) is 4.79 Å². The highest BCUT2D eigenvalue weighted by Gasteiger charge is 2.22. The molecular formula is C21H26N2O3. The van der Waals surface area contributed by atoms with Crippen LogP contribution in [0.3, 0.4) is 0 Å². The molecule has 138 valence electrons. The van der Waals surface area contributed by atoms with Crippen LogP contribution in [0.1, 0.15) is 28.9 Å². The van der Waals surface area contributed by atoms with Crippen LogP contribution >= 0.6 is 0 Å². The lowest BCUT2D eigenvalue weighted by molar-refractivity contribution is 0.0332. The number of para-hydroxylation sites is 1. The number of carbonyl (C=O) groups excluding carboxylic acids is 1. The molecule has 5 heteroatoms. The molecule has 1 fully saturated rings. The molecule has 0 saturated carbocycles. The van der Waals surface area contributed by atoms with Crippen LogP contribution in [0.15, 0.2) is 54.6 Å². The molecule has 0 aromatic heterocycles. The van der Waals surface area contributed by atoms with Gasteiger partial charge in [0.1, 0.15) is 5.75 Å². The van der Waals surface area contributed by atoms with Gasteiger partial charge < -0.3 is 14.8 Å². The fraction of sp³-hybridized carbons (Fsp3) is 0.381. The normalized spacial score (nSPS) is 16.0. The van der Waals surface area contributed by atoms with Gasteiger partial charge in [0.15, 0.2) is 0 Å². The van der Waals surface area contributed by atoms with Gasteiger partial charge in [0, 0.05) is 19.6 Å². The van der Waals surface area contributed by atoms with Crippen molar-refractivity contribution < 1.29 is 14.3 Å². The van der Waals surface area contributed by atoms with Crippen molar-refractivity contribution in [3.05, 3.63) is 65.7 Å². The number of benzene rings is 2. The van der Waals surface area contributed by atoms with Crippen LogP contribution in [0.4, 0.5) is 0 Å². The molecule has 2 aromatic carbocycles. The first-order valence-electron chi connectivity index (χ1n) is 9.15. The van der Waals surface area contributed by atoms with Crippen molar-refractivity contribution >= 4 is 5.91 Å². The van der Waals surface area contributed by atoms with Gasteiger partial charge in [-0.15, -0.1) is 0 Å². The van der Waals surface area contributed by atoms with Gasteiger partial charge in [-0.05, 0) is 24.6 Å². The largest absolute Gasteiger partial charge is 0.493 e. The number of hydrogen-bond donors (Lipinski definition) is 1. The minimum Gasteiger partial charge on any atom is -0.493 e. The number of nitrogens with one attached hydrogen (secondary N) is 1. The number of carbonyl (C=O) groups is 1. The third-order valence-electron chi connectivity index (χ3n) is 4.48. The second-order valence-electron chi connectivity index (χ2n) is 6.28. The predicted molar refractivity (Wildman–Crippen MR) is 102 cm³/mol. The highest BCUT2D eigenvalue weighted by atomic mass is 16.5. The van der Waals surface area contributed by atoms with Gasteiger partial charge in [0.05, 0.1) is 31.4 Å². The van der Waals surface area contributed by atoms with Crippen LogP contribution in [0.2, 0.25) is 0 Å². The van der Waals surface area contributed by atoms with E-state index in [1.165, 1.54) is 0 Å². The second kappa shape index (κ2) is 9.36. The maximum atomic E-state index is 12.9. The number of amides is 1. The van der Waals surface area contributed by atoms with Crippen LogP contribution in [0.5, 0.6) is 5.75 Å². The molecule has 1 saturated heterocycles. The Balaban J connectivity index is 1.77. The molecular weight excluding hydrogens is 328 g/mol.